The first-order valence-electron chi connectivity index (χ1n) is 8.64. The lowest BCUT2D eigenvalue weighted by Crippen LogP contribution is -2.35. The molecule has 1 saturated heterocycles. The summed E-state index contributed by atoms with van der Waals surface area (Å²) in [5.41, 5.74) is 0.148. The van der Waals surface area contributed by atoms with E-state index in [0.29, 0.717) is 0 Å². The molecule has 1 aromatic carbocycles. The van der Waals surface area contributed by atoms with Gasteiger partial charge in [-0.15, -0.1) is 10.2 Å². The standard InChI is InChI=1S/C18H25F2N5/c1-23(2)12-17-21-22-18(24(17)3)13-6-5-9-25(10-13)11-14-15(19)7-4-8-16(14)20/h4,7-8,13H,5-6,9-12H2,1-3H3/t13-/m0/s1. The van der Waals surface area contributed by atoms with Crippen molar-refractivity contribution in [3.05, 3.63) is 47.0 Å². The van der Waals surface area contributed by atoms with Crippen LogP contribution >= 0.6 is 0 Å². The minimum atomic E-state index is -0.478. The zero-order chi connectivity index (χ0) is 18.0. The molecule has 1 aliphatic heterocycles. The molecule has 0 radical (unpaired) electrons. The molecule has 3 rings (SSSR count). The highest BCUT2D eigenvalue weighted by atomic mass is 19.1. The number of rotatable bonds is 5. The zero-order valence-electron chi connectivity index (χ0n) is 15.0. The summed E-state index contributed by atoms with van der Waals surface area (Å²) in [6, 6.07) is 4.03. The Morgan fingerprint density at radius 1 is 1.20 bits per heavy atom. The van der Waals surface area contributed by atoms with Crippen molar-refractivity contribution in [1.29, 1.82) is 0 Å². The van der Waals surface area contributed by atoms with E-state index in [9.17, 15) is 8.78 Å². The smallest absolute Gasteiger partial charge is 0.146 e. The van der Waals surface area contributed by atoms with E-state index in [2.05, 4.69) is 24.6 Å². The Kier molecular flexibility index (Phi) is 5.44. The predicted octanol–water partition coefficient (Wildman–Crippen LogP) is 2.53. The summed E-state index contributed by atoms with van der Waals surface area (Å²) >= 11 is 0. The van der Waals surface area contributed by atoms with Crippen molar-refractivity contribution in [2.75, 3.05) is 27.2 Å². The SMILES string of the molecule is CN(C)Cc1nnc([C@H]2CCCN(Cc3c(F)cccc3F)C2)n1C. The Hall–Kier alpha value is -1.86. The Morgan fingerprint density at radius 2 is 1.92 bits per heavy atom. The average Bonchev–Trinajstić information content (AvgIpc) is 2.92. The number of nitrogens with zero attached hydrogens (tertiary/aromatic N) is 5. The van der Waals surface area contributed by atoms with Crippen LogP contribution in [-0.2, 0) is 20.1 Å². The van der Waals surface area contributed by atoms with Gasteiger partial charge in [0, 0.05) is 31.6 Å². The molecule has 2 heterocycles. The van der Waals surface area contributed by atoms with Crippen molar-refractivity contribution in [3.8, 4) is 0 Å². The number of likely N-dealkylation sites (tertiary alicyclic amines) is 1. The Balaban J connectivity index is 1.72. The molecule has 1 aromatic heterocycles. The van der Waals surface area contributed by atoms with Gasteiger partial charge >= 0.3 is 0 Å². The number of hydrogen-bond acceptors (Lipinski definition) is 4. The maximum Gasteiger partial charge on any atom is 0.146 e. The van der Waals surface area contributed by atoms with Crippen molar-refractivity contribution < 1.29 is 8.78 Å². The maximum atomic E-state index is 13.9. The summed E-state index contributed by atoms with van der Waals surface area (Å²) in [7, 11) is 5.99. The monoisotopic (exact) mass is 349 g/mol. The van der Waals surface area contributed by atoms with Crippen molar-refractivity contribution in [2.45, 2.75) is 31.8 Å². The largest absolute Gasteiger partial charge is 0.317 e. The molecule has 0 spiro atoms. The lowest BCUT2D eigenvalue weighted by molar-refractivity contribution is 0.190. The number of hydrogen-bond donors (Lipinski definition) is 0. The van der Waals surface area contributed by atoms with E-state index in [0.717, 1.165) is 44.1 Å². The molecule has 5 nitrogen and oxygen atoms in total. The summed E-state index contributed by atoms with van der Waals surface area (Å²) in [4.78, 5) is 4.16. The van der Waals surface area contributed by atoms with E-state index in [1.807, 2.05) is 21.1 Å². The second kappa shape index (κ2) is 7.58. The van der Waals surface area contributed by atoms with Crippen molar-refractivity contribution in [3.63, 3.8) is 0 Å². The van der Waals surface area contributed by atoms with Crippen LogP contribution in [0.1, 0.15) is 36.0 Å². The second-order valence-corrected chi connectivity index (χ2v) is 7.05. The molecule has 1 fully saturated rings. The number of piperidine rings is 1. The van der Waals surface area contributed by atoms with E-state index in [1.165, 1.54) is 18.2 Å². The molecule has 0 unspecified atom stereocenters. The molecule has 0 N–H and O–H groups in total. The summed E-state index contributed by atoms with van der Waals surface area (Å²) in [6.45, 7) is 2.60. The summed E-state index contributed by atoms with van der Waals surface area (Å²) < 4.78 is 29.9. The topological polar surface area (TPSA) is 37.2 Å². The Labute approximate surface area is 147 Å². The Bertz CT molecular complexity index is 708. The van der Waals surface area contributed by atoms with Crippen LogP contribution in [0, 0.1) is 11.6 Å². The zero-order valence-corrected chi connectivity index (χ0v) is 15.0. The van der Waals surface area contributed by atoms with Gasteiger partial charge in [0.1, 0.15) is 23.3 Å². The lowest BCUT2D eigenvalue weighted by Gasteiger charge is -2.32. The fourth-order valence-electron chi connectivity index (χ4n) is 3.47. The summed E-state index contributed by atoms with van der Waals surface area (Å²) in [5.74, 6) is 1.16. The lowest BCUT2D eigenvalue weighted by atomic mass is 9.96. The average molecular weight is 349 g/mol. The second-order valence-electron chi connectivity index (χ2n) is 7.05. The highest BCUT2D eigenvalue weighted by Gasteiger charge is 2.27. The molecular weight excluding hydrogens is 324 g/mol. The fourth-order valence-corrected chi connectivity index (χ4v) is 3.47. The predicted molar refractivity (Wildman–Crippen MR) is 92.0 cm³/mol. The number of halogens is 2. The van der Waals surface area contributed by atoms with Crippen LogP contribution < -0.4 is 0 Å². The minimum Gasteiger partial charge on any atom is -0.317 e. The highest BCUT2D eigenvalue weighted by Crippen LogP contribution is 2.27. The van der Waals surface area contributed by atoms with Crippen LogP contribution in [0.15, 0.2) is 18.2 Å². The molecule has 25 heavy (non-hydrogen) atoms. The van der Waals surface area contributed by atoms with E-state index >= 15 is 0 Å². The first-order valence-corrected chi connectivity index (χ1v) is 8.64. The molecule has 2 aromatic rings. The van der Waals surface area contributed by atoms with Gasteiger partial charge in [-0.1, -0.05) is 6.07 Å². The Morgan fingerprint density at radius 3 is 2.60 bits per heavy atom. The third kappa shape index (κ3) is 4.04. The molecule has 0 amide bonds. The molecule has 0 aliphatic carbocycles. The van der Waals surface area contributed by atoms with Gasteiger partial charge in [-0.25, -0.2) is 8.78 Å². The summed E-state index contributed by atoms with van der Waals surface area (Å²) in [5, 5.41) is 8.68. The van der Waals surface area contributed by atoms with Crippen LogP contribution in [-0.4, -0.2) is 51.7 Å². The fraction of sp³-hybridized carbons (Fsp3) is 0.556. The van der Waals surface area contributed by atoms with E-state index < -0.39 is 11.6 Å². The van der Waals surface area contributed by atoms with Gasteiger partial charge in [0.2, 0.25) is 0 Å². The van der Waals surface area contributed by atoms with Crippen LogP contribution in [0.2, 0.25) is 0 Å². The molecule has 0 saturated carbocycles. The number of benzene rings is 1. The highest BCUT2D eigenvalue weighted by molar-refractivity contribution is 5.19. The van der Waals surface area contributed by atoms with Crippen LogP contribution in [0.25, 0.3) is 0 Å². The van der Waals surface area contributed by atoms with E-state index in [4.69, 9.17) is 0 Å². The van der Waals surface area contributed by atoms with Crippen molar-refractivity contribution in [2.24, 2.45) is 7.05 Å². The molecule has 1 atom stereocenters. The first-order chi connectivity index (χ1) is 12.0. The van der Waals surface area contributed by atoms with Gasteiger partial charge in [0.25, 0.3) is 0 Å². The van der Waals surface area contributed by atoms with Gasteiger partial charge in [0.15, 0.2) is 0 Å². The maximum absolute atomic E-state index is 13.9. The molecule has 136 valence electrons. The van der Waals surface area contributed by atoms with Crippen LogP contribution in [0.3, 0.4) is 0 Å². The normalized spacial score (nSPS) is 18.9. The summed E-state index contributed by atoms with van der Waals surface area (Å²) in [6.07, 6.45) is 2.00. The third-order valence-corrected chi connectivity index (χ3v) is 4.77. The van der Waals surface area contributed by atoms with Crippen LogP contribution in [0.4, 0.5) is 8.78 Å². The van der Waals surface area contributed by atoms with Crippen molar-refractivity contribution in [1.82, 2.24) is 24.6 Å². The van der Waals surface area contributed by atoms with Crippen LogP contribution in [0.5, 0.6) is 0 Å². The van der Waals surface area contributed by atoms with E-state index in [1.54, 1.807) is 0 Å². The first kappa shape index (κ1) is 17.9. The van der Waals surface area contributed by atoms with Gasteiger partial charge < -0.3 is 9.47 Å². The quantitative estimate of drug-likeness (QED) is 0.831. The van der Waals surface area contributed by atoms with Crippen molar-refractivity contribution >= 4 is 0 Å². The van der Waals surface area contributed by atoms with Gasteiger partial charge in [-0.05, 0) is 45.6 Å². The molecule has 0 bridgehead atoms. The molecule has 7 heteroatoms. The molecule has 1 aliphatic rings. The van der Waals surface area contributed by atoms with Gasteiger partial charge in [-0.3, -0.25) is 4.90 Å². The minimum absolute atomic E-state index is 0.148. The number of aromatic nitrogens is 3. The van der Waals surface area contributed by atoms with Gasteiger partial charge in [0.05, 0.1) is 6.54 Å². The molecular formula is C18H25F2N5. The van der Waals surface area contributed by atoms with E-state index in [-0.39, 0.29) is 18.0 Å². The third-order valence-electron chi connectivity index (χ3n) is 4.77. The van der Waals surface area contributed by atoms with Gasteiger partial charge in [-0.2, -0.15) is 0 Å².